The van der Waals surface area contributed by atoms with E-state index in [4.69, 9.17) is 4.74 Å². The molecule has 1 heterocycles. The first-order valence-corrected chi connectivity index (χ1v) is 12.6. The second-order valence-electron chi connectivity index (χ2n) is 9.74. The Morgan fingerprint density at radius 2 is 1.69 bits per heavy atom. The van der Waals surface area contributed by atoms with Crippen molar-refractivity contribution in [2.45, 2.75) is 26.0 Å². The van der Waals surface area contributed by atoms with Crippen LogP contribution in [0.2, 0.25) is 0 Å². The zero-order valence-electron chi connectivity index (χ0n) is 22.2. The van der Waals surface area contributed by atoms with E-state index in [0.29, 0.717) is 36.4 Å². The SMILES string of the molecule is Cc1ccccc1COc1ccc(/C(O)=C2\C(=O)C(=O)N(CCCN(C)C)C2c2ccc([N+](=O)[O-])cc2)cc1. The Kier molecular flexibility index (Phi) is 8.41. The highest BCUT2D eigenvalue weighted by Gasteiger charge is 2.45. The molecule has 9 nitrogen and oxygen atoms in total. The lowest BCUT2D eigenvalue weighted by molar-refractivity contribution is -0.384. The van der Waals surface area contributed by atoms with Crippen LogP contribution in [0.25, 0.3) is 5.76 Å². The van der Waals surface area contributed by atoms with Gasteiger partial charge in [-0.05, 0) is 87.1 Å². The van der Waals surface area contributed by atoms with E-state index in [1.54, 1.807) is 24.3 Å². The van der Waals surface area contributed by atoms with E-state index < -0.39 is 22.7 Å². The second kappa shape index (κ2) is 11.9. The van der Waals surface area contributed by atoms with Crippen molar-refractivity contribution in [3.63, 3.8) is 0 Å². The molecule has 1 aliphatic heterocycles. The Labute approximate surface area is 227 Å². The fourth-order valence-corrected chi connectivity index (χ4v) is 4.59. The number of hydrogen-bond acceptors (Lipinski definition) is 7. The molecule has 0 bridgehead atoms. The Bertz CT molecular complexity index is 1400. The van der Waals surface area contributed by atoms with Gasteiger partial charge in [0.1, 0.15) is 18.1 Å². The predicted molar refractivity (Wildman–Crippen MR) is 147 cm³/mol. The van der Waals surface area contributed by atoms with Crippen LogP contribution >= 0.6 is 0 Å². The van der Waals surface area contributed by atoms with Crippen LogP contribution in [-0.2, 0) is 16.2 Å². The largest absolute Gasteiger partial charge is 0.507 e. The van der Waals surface area contributed by atoms with Crippen LogP contribution in [0.15, 0.2) is 78.4 Å². The third-order valence-corrected chi connectivity index (χ3v) is 6.75. The molecule has 202 valence electrons. The highest BCUT2D eigenvalue weighted by atomic mass is 16.6. The van der Waals surface area contributed by atoms with Gasteiger partial charge in [-0.3, -0.25) is 19.7 Å². The first kappa shape index (κ1) is 27.5. The topological polar surface area (TPSA) is 113 Å². The summed E-state index contributed by atoms with van der Waals surface area (Å²) >= 11 is 0. The molecular weight excluding hydrogens is 498 g/mol. The fraction of sp³-hybridized carbons (Fsp3) is 0.267. The number of nitro benzene ring substituents is 1. The summed E-state index contributed by atoms with van der Waals surface area (Å²) in [5.41, 5.74) is 2.88. The number of Topliss-reactive ketones (excluding diaryl/α,β-unsaturated/α-hetero) is 1. The van der Waals surface area contributed by atoms with E-state index in [0.717, 1.165) is 11.1 Å². The molecule has 9 heteroatoms. The monoisotopic (exact) mass is 529 g/mol. The Morgan fingerprint density at radius 1 is 1.03 bits per heavy atom. The highest BCUT2D eigenvalue weighted by molar-refractivity contribution is 6.46. The Morgan fingerprint density at radius 3 is 2.31 bits per heavy atom. The number of nitrogens with zero attached hydrogens (tertiary/aromatic N) is 3. The predicted octanol–water partition coefficient (Wildman–Crippen LogP) is 4.86. The van der Waals surface area contributed by atoms with Crippen LogP contribution in [0.5, 0.6) is 5.75 Å². The van der Waals surface area contributed by atoms with Crippen molar-refractivity contribution in [3.8, 4) is 5.75 Å². The molecule has 4 rings (SSSR count). The number of non-ortho nitro benzene ring substituents is 1. The minimum atomic E-state index is -0.870. The summed E-state index contributed by atoms with van der Waals surface area (Å²) in [5.74, 6) is -1.22. The van der Waals surface area contributed by atoms with Gasteiger partial charge in [0.25, 0.3) is 17.4 Å². The summed E-state index contributed by atoms with van der Waals surface area (Å²) < 4.78 is 5.89. The molecule has 3 aromatic carbocycles. The van der Waals surface area contributed by atoms with E-state index in [1.807, 2.05) is 50.2 Å². The summed E-state index contributed by atoms with van der Waals surface area (Å²) in [6.07, 6.45) is 0.608. The number of ketones is 1. The van der Waals surface area contributed by atoms with E-state index in [-0.39, 0.29) is 23.6 Å². The van der Waals surface area contributed by atoms with Crippen LogP contribution in [0, 0.1) is 17.0 Å². The van der Waals surface area contributed by atoms with Crippen molar-refractivity contribution in [2.24, 2.45) is 0 Å². The lowest BCUT2D eigenvalue weighted by atomic mass is 9.95. The van der Waals surface area contributed by atoms with E-state index in [2.05, 4.69) is 0 Å². The normalized spacial score (nSPS) is 16.6. The maximum atomic E-state index is 13.2. The summed E-state index contributed by atoms with van der Waals surface area (Å²) in [7, 11) is 3.83. The van der Waals surface area contributed by atoms with E-state index in [9.17, 15) is 24.8 Å². The number of amides is 1. The zero-order valence-corrected chi connectivity index (χ0v) is 22.2. The zero-order chi connectivity index (χ0) is 28.1. The summed E-state index contributed by atoms with van der Waals surface area (Å²) in [6, 6.07) is 19.4. The molecule has 39 heavy (non-hydrogen) atoms. The number of carbonyl (C=O) groups is 2. The van der Waals surface area contributed by atoms with Crippen LogP contribution in [0.3, 0.4) is 0 Å². The first-order valence-electron chi connectivity index (χ1n) is 12.6. The quantitative estimate of drug-likeness (QED) is 0.131. The molecule has 1 unspecified atom stereocenters. The van der Waals surface area contributed by atoms with Crippen LogP contribution in [0.4, 0.5) is 5.69 Å². The minimum absolute atomic E-state index is 0.0488. The number of rotatable bonds is 10. The molecule has 1 fully saturated rings. The summed E-state index contributed by atoms with van der Waals surface area (Å²) in [4.78, 5) is 40.3. The lowest BCUT2D eigenvalue weighted by Crippen LogP contribution is -2.32. The molecule has 1 saturated heterocycles. The van der Waals surface area contributed by atoms with Gasteiger partial charge in [0, 0.05) is 24.2 Å². The number of aliphatic hydroxyl groups is 1. The van der Waals surface area contributed by atoms with Crippen LogP contribution in [-0.4, -0.2) is 58.7 Å². The van der Waals surface area contributed by atoms with Crippen molar-refractivity contribution in [2.75, 3.05) is 27.2 Å². The van der Waals surface area contributed by atoms with Gasteiger partial charge in [0.2, 0.25) is 0 Å². The van der Waals surface area contributed by atoms with Crippen molar-refractivity contribution >= 4 is 23.1 Å². The molecule has 1 aliphatic rings. The summed E-state index contributed by atoms with van der Waals surface area (Å²) in [6.45, 7) is 3.38. The fourth-order valence-electron chi connectivity index (χ4n) is 4.59. The smallest absolute Gasteiger partial charge is 0.295 e. The van der Waals surface area contributed by atoms with E-state index in [1.165, 1.54) is 29.2 Å². The summed E-state index contributed by atoms with van der Waals surface area (Å²) in [5, 5.41) is 22.4. The van der Waals surface area contributed by atoms with Gasteiger partial charge in [-0.1, -0.05) is 24.3 Å². The Balaban J connectivity index is 1.65. The average molecular weight is 530 g/mol. The molecule has 0 saturated carbocycles. The molecule has 0 spiro atoms. The third kappa shape index (κ3) is 6.15. The van der Waals surface area contributed by atoms with Gasteiger partial charge in [0.05, 0.1) is 16.5 Å². The molecule has 1 atom stereocenters. The number of ether oxygens (including phenoxy) is 1. The lowest BCUT2D eigenvalue weighted by Gasteiger charge is -2.26. The van der Waals surface area contributed by atoms with Crippen molar-refractivity contribution in [3.05, 3.63) is 111 Å². The Hall–Kier alpha value is -4.50. The molecule has 0 aromatic heterocycles. The molecule has 1 N–H and O–H groups in total. The highest BCUT2D eigenvalue weighted by Crippen LogP contribution is 2.40. The number of benzene rings is 3. The van der Waals surface area contributed by atoms with Gasteiger partial charge < -0.3 is 19.6 Å². The molecule has 3 aromatic rings. The maximum absolute atomic E-state index is 13.2. The first-order chi connectivity index (χ1) is 18.7. The number of aliphatic hydroxyl groups excluding tert-OH is 1. The van der Waals surface area contributed by atoms with Crippen LogP contribution < -0.4 is 4.74 Å². The number of carbonyl (C=O) groups excluding carboxylic acids is 2. The number of nitro groups is 1. The number of hydrogen-bond donors (Lipinski definition) is 1. The molecule has 1 amide bonds. The van der Waals surface area contributed by atoms with Gasteiger partial charge >= 0.3 is 0 Å². The second-order valence-corrected chi connectivity index (χ2v) is 9.74. The van der Waals surface area contributed by atoms with Gasteiger partial charge in [-0.15, -0.1) is 0 Å². The number of likely N-dealkylation sites (tertiary alicyclic amines) is 1. The van der Waals surface area contributed by atoms with Crippen molar-refractivity contribution < 1.29 is 24.4 Å². The standard InChI is InChI=1S/C30H31N3O6/c1-20-7-4-5-8-23(20)19-39-25-15-11-22(12-16-25)28(34)26-27(21-9-13-24(14-10-21)33(37)38)32(30(36)29(26)35)18-6-17-31(2)3/h4-5,7-16,27,34H,6,17-19H2,1-3H3/b28-26+. The molecular formula is C30H31N3O6. The third-order valence-electron chi connectivity index (χ3n) is 6.75. The van der Waals surface area contributed by atoms with Crippen LogP contribution in [0.1, 0.15) is 34.7 Å². The van der Waals surface area contributed by atoms with Gasteiger partial charge in [-0.25, -0.2) is 0 Å². The van der Waals surface area contributed by atoms with Crippen molar-refractivity contribution in [1.29, 1.82) is 0 Å². The average Bonchev–Trinajstić information content (AvgIpc) is 3.17. The van der Waals surface area contributed by atoms with E-state index >= 15 is 0 Å². The van der Waals surface area contributed by atoms with Gasteiger partial charge in [0.15, 0.2) is 0 Å². The maximum Gasteiger partial charge on any atom is 0.295 e. The number of aryl methyl sites for hydroxylation is 1. The molecule has 0 radical (unpaired) electrons. The van der Waals surface area contributed by atoms with Crippen molar-refractivity contribution in [1.82, 2.24) is 9.80 Å². The van der Waals surface area contributed by atoms with Gasteiger partial charge in [-0.2, -0.15) is 0 Å². The molecule has 0 aliphatic carbocycles. The minimum Gasteiger partial charge on any atom is -0.507 e.